The van der Waals surface area contributed by atoms with Gasteiger partial charge in [0.2, 0.25) is 5.91 Å². The van der Waals surface area contributed by atoms with E-state index in [1.165, 1.54) is 18.2 Å². The largest absolute Gasteiger partial charge is 0.350 e. The highest BCUT2D eigenvalue weighted by molar-refractivity contribution is 5.97. The first kappa shape index (κ1) is 20.7. The smallest absolute Gasteiger partial charge is 0.273 e. The summed E-state index contributed by atoms with van der Waals surface area (Å²) >= 11 is 0. The van der Waals surface area contributed by atoms with Crippen molar-refractivity contribution >= 4 is 17.5 Å². The van der Waals surface area contributed by atoms with Crippen LogP contribution in [0.2, 0.25) is 0 Å². The first-order valence-corrected chi connectivity index (χ1v) is 9.28. The molecule has 2 N–H and O–H groups in total. The van der Waals surface area contributed by atoms with Gasteiger partial charge in [-0.1, -0.05) is 30.3 Å². The Balaban J connectivity index is 1.54. The Labute approximate surface area is 172 Å². The molecule has 9 heteroatoms. The van der Waals surface area contributed by atoms with Crippen molar-refractivity contribution in [1.82, 2.24) is 20.4 Å². The average Bonchev–Trinajstić information content (AvgIpc) is 3.24. The molecule has 2 amide bonds. The molecule has 0 unspecified atom stereocenters. The molecular formula is C21H21N5O4. The zero-order valence-corrected chi connectivity index (χ0v) is 16.4. The number of nitro benzene ring substituents is 1. The molecule has 0 aliphatic heterocycles. The van der Waals surface area contributed by atoms with Gasteiger partial charge in [-0.2, -0.15) is 5.10 Å². The predicted octanol–water partition coefficient (Wildman–Crippen LogP) is 2.19. The monoisotopic (exact) mass is 407 g/mol. The summed E-state index contributed by atoms with van der Waals surface area (Å²) in [5.74, 6) is -0.911. The molecule has 30 heavy (non-hydrogen) atoms. The standard InChI is InChI=1S/C21H21N5O4/c1-15-7-8-16(11-19(15)26(29)30)21(28)23-13-20(27)22-12-17-5-2-3-6-18(17)14-25-10-4-9-24-25/h2-11H,12-14H2,1H3,(H,22,27)(H,23,28). The minimum Gasteiger partial charge on any atom is -0.350 e. The summed E-state index contributed by atoms with van der Waals surface area (Å²) in [6.07, 6.45) is 3.57. The maximum absolute atomic E-state index is 12.2. The van der Waals surface area contributed by atoms with Gasteiger partial charge in [-0.15, -0.1) is 0 Å². The van der Waals surface area contributed by atoms with Crippen LogP contribution < -0.4 is 10.6 Å². The van der Waals surface area contributed by atoms with E-state index in [0.717, 1.165) is 11.1 Å². The van der Waals surface area contributed by atoms with Crippen molar-refractivity contribution in [3.8, 4) is 0 Å². The molecule has 0 aliphatic carbocycles. The van der Waals surface area contributed by atoms with E-state index in [9.17, 15) is 19.7 Å². The van der Waals surface area contributed by atoms with Crippen LogP contribution in [0.5, 0.6) is 0 Å². The van der Waals surface area contributed by atoms with Gasteiger partial charge in [0, 0.05) is 36.1 Å². The minimum absolute atomic E-state index is 0.129. The zero-order valence-electron chi connectivity index (χ0n) is 16.4. The SMILES string of the molecule is Cc1ccc(C(=O)NCC(=O)NCc2ccccc2Cn2cccn2)cc1[N+](=O)[O-]. The minimum atomic E-state index is -0.549. The molecule has 3 aromatic rings. The fourth-order valence-electron chi connectivity index (χ4n) is 2.92. The number of carbonyl (C=O) groups is 2. The number of aromatic nitrogens is 2. The number of carbonyl (C=O) groups excluding carboxylic acids is 2. The fourth-order valence-corrected chi connectivity index (χ4v) is 2.92. The number of hydrogen-bond donors (Lipinski definition) is 2. The Morgan fingerprint density at radius 3 is 2.57 bits per heavy atom. The van der Waals surface area contributed by atoms with Crippen LogP contribution in [-0.4, -0.2) is 33.1 Å². The number of rotatable bonds is 8. The van der Waals surface area contributed by atoms with E-state index in [0.29, 0.717) is 18.7 Å². The Hall–Kier alpha value is -4.01. The first-order chi connectivity index (χ1) is 14.4. The van der Waals surface area contributed by atoms with Gasteiger partial charge >= 0.3 is 0 Å². The number of hydrogen-bond acceptors (Lipinski definition) is 5. The molecule has 154 valence electrons. The average molecular weight is 407 g/mol. The molecule has 0 spiro atoms. The normalized spacial score (nSPS) is 10.4. The summed E-state index contributed by atoms with van der Waals surface area (Å²) in [5.41, 5.74) is 2.42. The Morgan fingerprint density at radius 1 is 1.10 bits per heavy atom. The second-order valence-corrected chi connectivity index (χ2v) is 6.69. The van der Waals surface area contributed by atoms with Crippen molar-refractivity contribution in [2.45, 2.75) is 20.0 Å². The molecule has 0 aliphatic rings. The number of nitro groups is 1. The highest BCUT2D eigenvalue weighted by atomic mass is 16.6. The lowest BCUT2D eigenvalue weighted by Gasteiger charge is -2.11. The summed E-state index contributed by atoms with van der Waals surface area (Å²) in [4.78, 5) is 34.8. The number of amides is 2. The van der Waals surface area contributed by atoms with Gasteiger partial charge in [-0.25, -0.2) is 0 Å². The first-order valence-electron chi connectivity index (χ1n) is 9.28. The van der Waals surface area contributed by atoms with Gasteiger partial charge in [-0.05, 0) is 30.2 Å². The number of benzene rings is 2. The highest BCUT2D eigenvalue weighted by Crippen LogP contribution is 2.19. The summed E-state index contributed by atoms with van der Waals surface area (Å²) in [6, 6.07) is 13.7. The molecule has 1 aromatic heterocycles. The van der Waals surface area contributed by atoms with E-state index in [4.69, 9.17) is 0 Å². The van der Waals surface area contributed by atoms with Crippen LogP contribution in [0.25, 0.3) is 0 Å². The Kier molecular flexibility index (Phi) is 6.53. The van der Waals surface area contributed by atoms with Gasteiger partial charge in [0.15, 0.2) is 0 Å². The second kappa shape index (κ2) is 9.46. The van der Waals surface area contributed by atoms with E-state index in [2.05, 4.69) is 15.7 Å². The third kappa shape index (κ3) is 5.28. The Morgan fingerprint density at radius 2 is 1.87 bits per heavy atom. The Bertz CT molecular complexity index is 1060. The van der Waals surface area contributed by atoms with Gasteiger partial charge in [-0.3, -0.25) is 24.4 Å². The number of aryl methyl sites for hydroxylation is 1. The van der Waals surface area contributed by atoms with Crippen LogP contribution in [0, 0.1) is 17.0 Å². The van der Waals surface area contributed by atoms with Gasteiger partial charge in [0.05, 0.1) is 18.0 Å². The molecule has 2 aromatic carbocycles. The molecule has 0 bridgehead atoms. The van der Waals surface area contributed by atoms with E-state index in [1.807, 2.05) is 36.5 Å². The quantitative estimate of drug-likeness (QED) is 0.438. The lowest BCUT2D eigenvalue weighted by molar-refractivity contribution is -0.385. The van der Waals surface area contributed by atoms with Crippen molar-refractivity contribution in [2.75, 3.05) is 6.54 Å². The van der Waals surface area contributed by atoms with Crippen molar-refractivity contribution in [3.05, 3.63) is 93.3 Å². The van der Waals surface area contributed by atoms with E-state index in [-0.39, 0.29) is 23.7 Å². The molecule has 0 fully saturated rings. The molecule has 0 saturated heterocycles. The lowest BCUT2D eigenvalue weighted by Crippen LogP contribution is -2.36. The van der Waals surface area contributed by atoms with Gasteiger partial charge in [0.25, 0.3) is 11.6 Å². The second-order valence-electron chi connectivity index (χ2n) is 6.69. The van der Waals surface area contributed by atoms with Gasteiger partial charge < -0.3 is 10.6 Å². The molecule has 0 radical (unpaired) electrons. The van der Waals surface area contributed by atoms with Crippen LogP contribution >= 0.6 is 0 Å². The number of nitrogens with one attached hydrogen (secondary N) is 2. The zero-order chi connectivity index (χ0) is 21.5. The van der Waals surface area contributed by atoms with Crippen LogP contribution in [0.15, 0.2) is 60.9 Å². The summed E-state index contributed by atoms with van der Waals surface area (Å²) in [7, 11) is 0. The van der Waals surface area contributed by atoms with Crippen molar-refractivity contribution in [3.63, 3.8) is 0 Å². The molecule has 9 nitrogen and oxygen atoms in total. The van der Waals surface area contributed by atoms with Crippen molar-refractivity contribution in [1.29, 1.82) is 0 Å². The predicted molar refractivity (Wildman–Crippen MR) is 110 cm³/mol. The summed E-state index contributed by atoms with van der Waals surface area (Å²) in [6.45, 7) is 2.25. The molecule has 0 atom stereocenters. The van der Waals surface area contributed by atoms with Gasteiger partial charge in [0.1, 0.15) is 0 Å². The van der Waals surface area contributed by atoms with Crippen LogP contribution in [-0.2, 0) is 17.9 Å². The van der Waals surface area contributed by atoms with Crippen molar-refractivity contribution < 1.29 is 14.5 Å². The van der Waals surface area contributed by atoms with Crippen LogP contribution in [0.3, 0.4) is 0 Å². The number of nitrogens with zero attached hydrogens (tertiary/aromatic N) is 3. The fraction of sp³-hybridized carbons (Fsp3) is 0.190. The lowest BCUT2D eigenvalue weighted by atomic mass is 10.1. The third-order valence-corrected chi connectivity index (χ3v) is 4.56. The molecule has 1 heterocycles. The maximum atomic E-state index is 12.2. The molecular weight excluding hydrogens is 386 g/mol. The summed E-state index contributed by atoms with van der Waals surface area (Å²) < 4.78 is 1.79. The molecule has 3 rings (SSSR count). The molecule has 0 saturated carbocycles. The highest BCUT2D eigenvalue weighted by Gasteiger charge is 2.15. The third-order valence-electron chi connectivity index (χ3n) is 4.56. The maximum Gasteiger partial charge on any atom is 0.273 e. The summed E-state index contributed by atoms with van der Waals surface area (Å²) in [5, 5.41) is 20.5. The van der Waals surface area contributed by atoms with Crippen LogP contribution in [0.4, 0.5) is 5.69 Å². The van der Waals surface area contributed by atoms with E-state index >= 15 is 0 Å². The van der Waals surface area contributed by atoms with Crippen molar-refractivity contribution in [2.24, 2.45) is 0 Å². The van der Waals surface area contributed by atoms with Crippen LogP contribution in [0.1, 0.15) is 27.0 Å². The topological polar surface area (TPSA) is 119 Å². The van der Waals surface area contributed by atoms with E-state index < -0.39 is 10.8 Å². The van der Waals surface area contributed by atoms with E-state index in [1.54, 1.807) is 17.8 Å².